The van der Waals surface area contributed by atoms with Crippen LogP contribution in [0.2, 0.25) is 10.6 Å². The van der Waals surface area contributed by atoms with E-state index in [0.717, 1.165) is 11.1 Å². The first-order valence-corrected chi connectivity index (χ1v) is 48.7. The van der Waals surface area contributed by atoms with Crippen molar-refractivity contribution in [3.05, 3.63) is 71.8 Å². The number of nitrogens with one attached hydrogen (secondary N) is 12. The van der Waals surface area contributed by atoms with Crippen LogP contribution in [-0.4, -0.2) is 275 Å². The number of aliphatic hydroxyl groups is 4. The van der Waals surface area contributed by atoms with Crippen molar-refractivity contribution in [1.29, 1.82) is 0 Å². The van der Waals surface area contributed by atoms with Gasteiger partial charge in [0, 0.05) is 87.6 Å². The molecule has 0 heterocycles. The van der Waals surface area contributed by atoms with Crippen LogP contribution >= 0.6 is 0 Å². The summed E-state index contributed by atoms with van der Waals surface area (Å²) in [4.78, 5) is 209. The number of carboxylic acid groups (broad SMARTS) is 2. The van der Waals surface area contributed by atoms with Crippen molar-refractivity contribution >= 4 is 121 Å². The van der Waals surface area contributed by atoms with E-state index in [0.29, 0.717) is 62.3 Å². The molecule has 2 rings (SSSR count). The van der Waals surface area contributed by atoms with Crippen LogP contribution in [0.3, 0.4) is 0 Å². The summed E-state index contributed by atoms with van der Waals surface area (Å²) in [6.45, 7) is 9.13. The summed E-state index contributed by atoms with van der Waals surface area (Å²) in [6.07, 6.45) is -5.43. The molecule has 2 aromatic rings. The molecule has 698 valence electrons. The zero-order valence-electron chi connectivity index (χ0n) is 71.9. The Hall–Kier alpha value is -9.32. The van der Waals surface area contributed by atoms with Crippen molar-refractivity contribution in [1.82, 2.24) is 63.8 Å². The molecular formula is C82H136N18O22Se2. The van der Waals surface area contributed by atoms with Gasteiger partial charge in [-0.3, -0.25) is 47.9 Å². The van der Waals surface area contributed by atoms with E-state index in [9.17, 15) is 107 Å². The maximum absolute atomic E-state index is 13.9. The van der Waals surface area contributed by atoms with Crippen molar-refractivity contribution in [2.75, 3.05) is 26.3 Å². The minimum absolute atomic E-state index is 0.115. The number of amides is 14. The van der Waals surface area contributed by atoms with E-state index in [1.165, 1.54) is 13.8 Å². The van der Waals surface area contributed by atoms with E-state index in [1.807, 2.05) is 0 Å². The van der Waals surface area contributed by atoms with E-state index in [1.54, 1.807) is 88.4 Å². The molecule has 0 spiro atoms. The van der Waals surface area contributed by atoms with Crippen LogP contribution < -0.4 is 98.2 Å². The molecule has 0 unspecified atom stereocenters. The Morgan fingerprint density at radius 3 is 0.847 bits per heavy atom. The van der Waals surface area contributed by atoms with Gasteiger partial charge in [-0.15, -0.1) is 0 Å². The average molecular weight is 1880 g/mol. The molecule has 0 aliphatic carbocycles. The van der Waals surface area contributed by atoms with Gasteiger partial charge >= 0.3 is 267 Å². The minimum atomic E-state index is -1.36. The normalized spacial score (nSPS) is 15.2. The van der Waals surface area contributed by atoms with E-state index >= 15 is 0 Å². The van der Waals surface area contributed by atoms with E-state index in [2.05, 4.69) is 63.8 Å². The molecule has 30 N–H and O–H groups in total. The molecule has 0 aliphatic heterocycles. The Kier molecular flexibility index (Phi) is 55.3. The number of hydrogen-bond acceptors (Lipinski definition) is 24. The number of carbonyl (C=O) groups excluding carboxylic acids is 14. The van der Waals surface area contributed by atoms with Gasteiger partial charge in [0.05, 0.1) is 24.3 Å². The number of carboxylic acids is 2. The first-order chi connectivity index (χ1) is 58.6. The fourth-order valence-electron chi connectivity index (χ4n) is 13.2. The van der Waals surface area contributed by atoms with Crippen LogP contribution in [-0.2, 0) is 89.6 Å². The zero-order valence-corrected chi connectivity index (χ0v) is 75.3. The third-order valence-corrected chi connectivity index (χ3v) is 27.2. The van der Waals surface area contributed by atoms with Crippen molar-refractivity contribution in [3.63, 3.8) is 0 Å². The number of hydrogen-bond donors (Lipinski definition) is 24. The predicted octanol–water partition coefficient (Wildman–Crippen LogP) is -4.20. The van der Waals surface area contributed by atoms with Crippen LogP contribution in [0.4, 0.5) is 0 Å². The monoisotopic (exact) mass is 1880 g/mol. The quantitative estimate of drug-likeness (QED) is 0.0221. The van der Waals surface area contributed by atoms with Crippen molar-refractivity contribution < 1.29 is 107 Å². The summed E-state index contributed by atoms with van der Waals surface area (Å²) >= 11 is -0.387. The number of nitrogens with two attached hydrogens (primary N) is 6. The van der Waals surface area contributed by atoms with Crippen LogP contribution in [0.1, 0.15) is 194 Å². The van der Waals surface area contributed by atoms with E-state index in [4.69, 9.17) is 34.4 Å². The molecule has 14 amide bonds. The number of benzene rings is 2. The first-order valence-electron chi connectivity index (χ1n) is 41.9. The van der Waals surface area contributed by atoms with Gasteiger partial charge in [0.15, 0.2) is 0 Å². The number of unbranched alkanes of at least 4 members (excludes halogenated alkanes) is 2. The molecule has 16 atom stereocenters. The minimum Gasteiger partial charge on any atom is -0.391 e. The Balaban J connectivity index is 2.01. The smallest absolute Gasteiger partial charge is 0.391 e. The maximum atomic E-state index is 13.9. The molecule has 0 aliphatic rings. The van der Waals surface area contributed by atoms with Gasteiger partial charge in [-0.25, -0.2) is 0 Å². The Morgan fingerprint density at radius 1 is 0.315 bits per heavy atom. The second-order valence-corrected chi connectivity index (χ2v) is 39.7. The van der Waals surface area contributed by atoms with Gasteiger partial charge in [0.1, 0.15) is 0 Å². The third kappa shape index (κ3) is 52.5. The van der Waals surface area contributed by atoms with Crippen molar-refractivity contribution in [3.8, 4) is 0 Å². The first kappa shape index (κ1) is 111. The van der Waals surface area contributed by atoms with Crippen molar-refractivity contribution in [2.45, 2.75) is 303 Å². The molecule has 0 saturated heterocycles. The summed E-state index contributed by atoms with van der Waals surface area (Å²) in [6, 6.07) is 4.79. The Bertz CT molecular complexity index is 3440. The summed E-state index contributed by atoms with van der Waals surface area (Å²) < 4.78 is 0. The van der Waals surface area contributed by atoms with Crippen LogP contribution in [0.15, 0.2) is 60.7 Å². The molecular weight excluding hydrogens is 1750 g/mol. The van der Waals surface area contributed by atoms with Gasteiger partial charge in [-0.2, -0.15) is 0 Å². The molecule has 0 saturated carbocycles. The molecule has 0 aromatic heterocycles. The second-order valence-electron chi connectivity index (χ2n) is 32.2. The number of carbonyl (C=O) groups is 16. The molecule has 2 aromatic carbocycles. The fourth-order valence-corrected chi connectivity index (χ4v) is 20.7. The van der Waals surface area contributed by atoms with Crippen LogP contribution in [0.5, 0.6) is 0 Å². The topological polar surface area (TPSA) is 695 Å². The summed E-state index contributed by atoms with van der Waals surface area (Å²) in [5.41, 5.74) is 36.4. The van der Waals surface area contributed by atoms with Gasteiger partial charge in [0.2, 0.25) is 47.3 Å². The van der Waals surface area contributed by atoms with E-state index in [-0.39, 0.29) is 115 Å². The molecule has 40 nitrogen and oxygen atoms in total. The second kappa shape index (κ2) is 61.9. The van der Waals surface area contributed by atoms with Gasteiger partial charge < -0.3 is 75.7 Å². The zero-order chi connectivity index (χ0) is 93.0. The molecule has 42 heteroatoms. The molecule has 0 radical (unpaired) electrons. The molecule has 124 heavy (non-hydrogen) atoms. The Morgan fingerprint density at radius 2 is 0.565 bits per heavy atom. The average Bonchev–Trinajstić information content (AvgIpc) is 0.900. The number of aliphatic hydroxyl groups excluding tert-OH is 4. The van der Waals surface area contributed by atoms with Crippen molar-refractivity contribution in [2.24, 2.45) is 46.2 Å². The van der Waals surface area contributed by atoms with Gasteiger partial charge in [-0.05, 0) is 88.4 Å². The van der Waals surface area contributed by atoms with Crippen LogP contribution in [0.25, 0.3) is 0 Å². The fraction of sp³-hybridized carbons (Fsp3) is 0.659. The van der Waals surface area contributed by atoms with Crippen LogP contribution in [0, 0.1) is 11.8 Å². The number of rotatable bonds is 67. The summed E-state index contributed by atoms with van der Waals surface area (Å²) in [7, 11) is 0. The summed E-state index contributed by atoms with van der Waals surface area (Å²) in [5.74, 6) is -12.0. The van der Waals surface area contributed by atoms with Gasteiger partial charge in [0.25, 0.3) is 0 Å². The Labute approximate surface area is 735 Å². The van der Waals surface area contributed by atoms with E-state index < -0.39 is 243 Å². The third-order valence-electron chi connectivity index (χ3n) is 19.7. The standard InChI is InChI=1S/C82H136N18O22Se2/c1-47(2)63(39-67(87)105)97-79(117)41-65(49(5)103)99-77(115)29-55(21-13-15-23-83)89-71(109)31-57(25-51-17-9-7-10-18-51)91-75(113)35-61(43-101)95-73(111)33-59(37-81(119)120)93-69(107)27-53(85)45-123-124-46-54(86)28-70(108)94-60(38-82(121)122)34-74(112)96-62(44-102)36-76(114)92-58(26-52-19-11-8-12-20-52)32-72(110)90-56(22-14-16-24-84)30-78(116)100-66(50(6)104)42-80(118)98-64(48(3)4)40-68(88)106/h7-12,17-20,47-50,53-66,101-104H,13-16,21-46,83-86H2,1-6H3,(H2,87,105)(H2,88,106)(H,89,109)(H,90,110)(H,91,113)(H,92,114)(H,93,107)(H,94,108)(H,95,111)(H,96,112)(H,97,117)(H,98,118)(H,99,115)(H,100,116)(H,119,120)(H,121,122)/t49-,50-,53-,54-,55+,56+,57+,58+,59-,60-,61-,62-,63-,64-,65-,66-/m1/s1. The predicted molar refractivity (Wildman–Crippen MR) is 461 cm³/mol. The SMILES string of the molecule is CC(C)[C@@H](CC(N)=O)NC(=O)C[C@@H](NC(=O)C[C@H](CCCCN)NC(=O)C[C@H](Cc1ccccc1)NC(=O)C[C@H](CO)NC(=O)C[C@H](CC(=O)O)NC(=O)C[C@@H](N)C[Se][Se]C[C@H](N)CC(=O)N[C@@H](CC(=O)O)CC(=O)N[C@@H](CO)CC(=O)N[C@H](CC(=O)N[C@@H](CCCCN)CC(=O)N[C@H](CC(=O)N[C@H](CC(N)=O)C(C)C)[C@@H](C)O)Cc1ccccc1)[C@@H](C)O. The number of aliphatic carboxylic acids is 2. The van der Waals surface area contributed by atoms with Gasteiger partial charge in [-0.1, -0.05) is 101 Å². The summed E-state index contributed by atoms with van der Waals surface area (Å²) in [5, 5.41) is 94.2. The molecule has 0 bridgehead atoms. The molecule has 0 fully saturated rings. The number of primary amides is 2.